The number of carbonyl (C=O) groups is 2. The number of hydrogen-bond acceptors (Lipinski definition) is 6. The van der Waals surface area contributed by atoms with Gasteiger partial charge in [-0.2, -0.15) is 0 Å². The van der Waals surface area contributed by atoms with Gasteiger partial charge in [-0.25, -0.2) is 4.98 Å². The summed E-state index contributed by atoms with van der Waals surface area (Å²) >= 11 is 0. The molecule has 1 aliphatic rings. The Labute approximate surface area is 187 Å². The number of fused-ring (bicyclic) bond motifs is 2. The molecule has 1 aromatic heterocycles. The van der Waals surface area contributed by atoms with E-state index in [9.17, 15) is 14.4 Å². The molecule has 4 aromatic rings. The number of nitrogens with zero attached hydrogens (tertiary/aromatic N) is 2. The van der Waals surface area contributed by atoms with Crippen molar-refractivity contribution < 1.29 is 19.1 Å². The number of amides is 2. The van der Waals surface area contributed by atoms with E-state index in [0.717, 1.165) is 0 Å². The Morgan fingerprint density at radius 1 is 0.909 bits per heavy atom. The lowest BCUT2D eigenvalue weighted by atomic mass is 10.2. The van der Waals surface area contributed by atoms with Crippen LogP contribution in [0.25, 0.3) is 10.9 Å². The van der Waals surface area contributed by atoms with Crippen molar-refractivity contribution in [3.05, 3.63) is 89.0 Å². The van der Waals surface area contributed by atoms with Gasteiger partial charge in [-0.1, -0.05) is 18.2 Å². The molecule has 9 nitrogen and oxygen atoms in total. The van der Waals surface area contributed by atoms with Crippen molar-refractivity contribution in [2.75, 3.05) is 17.4 Å². The standard InChI is InChI=1S/C24H18N4O5/c29-22(12-28-13-25-19-7-2-1-6-18(19)24(28)31)26-16-4-3-5-17(11-16)27-23(30)15-8-9-20-21(10-15)33-14-32-20/h1-11,13H,12,14H2,(H,26,29)(H,27,30). The van der Waals surface area contributed by atoms with Crippen LogP contribution < -0.4 is 25.7 Å². The Morgan fingerprint density at radius 3 is 2.58 bits per heavy atom. The van der Waals surface area contributed by atoms with Crippen LogP contribution in [0.1, 0.15) is 10.4 Å². The summed E-state index contributed by atoms with van der Waals surface area (Å²) in [6, 6.07) is 18.6. The van der Waals surface area contributed by atoms with Crippen molar-refractivity contribution in [3.8, 4) is 11.5 Å². The highest BCUT2D eigenvalue weighted by molar-refractivity contribution is 6.05. The summed E-state index contributed by atoms with van der Waals surface area (Å²) in [6.07, 6.45) is 1.35. The number of para-hydroxylation sites is 1. The maximum absolute atomic E-state index is 12.6. The molecule has 3 aromatic carbocycles. The molecule has 0 aliphatic carbocycles. The van der Waals surface area contributed by atoms with Gasteiger partial charge >= 0.3 is 0 Å². The predicted octanol–water partition coefficient (Wildman–Crippen LogP) is 3.02. The van der Waals surface area contributed by atoms with Crippen molar-refractivity contribution in [3.63, 3.8) is 0 Å². The molecule has 0 spiro atoms. The van der Waals surface area contributed by atoms with Gasteiger partial charge in [0, 0.05) is 16.9 Å². The number of nitrogens with one attached hydrogen (secondary N) is 2. The minimum atomic E-state index is -0.395. The lowest BCUT2D eigenvalue weighted by molar-refractivity contribution is -0.116. The minimum absolute atomic E-state index is 0.129. The van der Waals surface area contributed by atoms with Crippen LogP contribution in [0.3, 0.4) is 0 Å². The average molecular weight is 442 g/mol. The molecule has 33 heavy (non-hydrogen) atoms. The van der Waals surface area contributed by atoms with Crippen molar-refractivity contribution >= 4 is 34.1 Å². The summed E-state index contributed by atoms with van der Waals surface area (Å²) < 4.78 is 11.8. The third-order valence-corrected chi connectivity index (χ3v) is 5.08. The van der Waals surface area contributed by atoms with E-state index < -0.39 is 5.91 Å². The molecule has 0 bridgehead atoms. The van der Waals surface area contributed by atoms with E-state index in [-0.39, 0.29) is 24.8 Å². The van der Waals surface area contributed by atoms with Gasteiger partial charge < -0.3 is 20.1 Å². The molecule has 0 fully saturated rings. The highest BCUT2D eigenvalue weighted by atomic mass is 16.7. The maximum atomic E-state index is 12.6. The van der Waals surface area contributed by atoms with Gasteiger partial charge in [0.05, 0.1) is 17.2 Å². The van der Waals surface area contributed by atoms with E-state index in [0.29, 0.717) is 39.3 Å². The SMILES string of the molecule is O=C(Cn1cnc2ccccc2c1=O)Nc1cccc(NC(=O)c2ccc3c(c2)OCO3)c1. The zero-order valence-corrected chi connectivity index (χ0v) is 17.3. The average Bonchev–Trinajstić information content (AvgIpc) is 3.29. The second-order valence-corrected chi connectivity index (χ2v) is 7.35. The summed E-state index contributed by atoms with van der Waals surface area (Å²) in [5.74, 6) is 0.387. The third-order valence-electron chi connectivity index (χ3n) is 5.08. The van der Waals surface area contributed by atoms with Gasteiger partial charge in [-0.3, -0.25) is 19.0 Å². The van der Waals surface area contributed by atoms with E-state index in [1.807, 2.05) is 0 Å². The molecule has 0 unspecified atom stereocenters. The van der Waals surface area contributed by atoms with E-state index in [1.54, 1.807) is 66.7 Å². The summed E-state index contributed by atoms with van der Waals surface area (Å²) in [5.41, 5.74) is 1.67. The largest absolute Gasteiger partial charge is 0.454 e. The van der Waals surface area contributed by atoms with E-state index in [2.05, 4.69) is 15.6 Å². The number of hydrogen-bond donors (Lipinski definition) is 2. The number of aromatic nitrogens is 2. The van der Waals surface area contributed by atoms with Crippen LogP contribution in [0.15, 0.2) is 77.9 Å². The first-order valence-corrected chi connectivity index (χ1v) is 10.1. The van der Waals surface area contributed by atoms with Crippen LogP contribution in [0.4, 0.5) is 11.4 Å². The van der Waals surface area contributed by atoms with Gasteiger partial charge in [0.2, 0.25) is 12.7 Å². The van der Waals surface area contributed by atoms with Crippen LogP contribution in [-0.4, -0.2) is 28.2 Å². The fraction of sp³-hybridized carbons (Fsp3) is 0.0833. The second-order valence-electron chi connectivity index (χ2n) is 7.35. The number of rotatable bonds is 5. The molecule has 1 aliphatic heterocycles. The Bertz CT molecular complexity index is 1450. The quantitative estimate of drug-likeness (QED) is 0.492. The highest BCUT2D eigenvalue weighted by Crippen LogP contribution is 2.32. The Morgan fingerprint density at radius 2 is 1.70 bits per heavy atom. The van der Waals surface area contributed by atoms with Crippen LogP contribution in [0, 0.1) is 0 Å². The van der Waals surface area contributed by atoms with Crippen molar-refractivity contribution in [2.24, 2.45) is 0 Å². The Hall–Kier alpha value is -4.66. The van der Waals surface area contributed by atoms with Gasteiger partial charge in [0.1, 0.15) is 6.54 Å². The fourth-order valence-corrected chi connectivity index (χ4v) is 3.49. The van der Waals surface area contributed by atoms with Crippen molar-refractivity contribution in [1.29, 1.82) is 0 Å². The van der Waals surface area contributed by atoms with Gasteiger partial charge in [0.25, 0.3) is 11.5 Å². The Kier molecular flexibility index (Phi) is 5.19. The molecule has 0 atom stereocenters. The van der Waals surface area contributed by atoms with E-state index >= 15 is 0 Å². The zero-order valence-electron chi connectivity index (χ0n) is 17.3. The van der Waals surface area contributed by atoms with Gasteiger partial charge in [-0.05, 0) is 48.5 Å². The molecule has 2 heterocycles. The minimum Gasteiger partial charge on any atom is -0.454 e. The number of ether oxygens (including phenoxy) is 2. The molecule has 0 saturated carbocycles. The second kappa shape index (κ2) is 8.46. The number of carbonyl (C=O) groups excluding carboxylic acids is 2. The lowest BCUT2D eigenvalue weighted by Gasteiger charge is -2.10. The molecular weight excluding hydrogens is 424 g/mol. The molecule has 9 heteroatoms. The summed E-state index contributed by atoms with van der Waals surface area (Å²) in [5, 5.41) is 5.97. The molecule has 5 rings (SSSR count). The predicted molar refractivity (Wildman–Crippen MR) is 122 cm³/mol. The Balaban J connectivity index is 1.26. The first kappa shape index (κ1) is 20.3. The lowest BCUT2D eigenvalue weighted by Crippen LogP contribution is -2.27. The molecule has 164 valence electrons. The van der Waals surface area contributed by atoms with Crippen LogP contribution in [0.5, 0.6) is 11.5 Å². The highest BCUT2D eigenvalue weighted by Gasteiger charge is 2.16. The zero-order chi connectivity index (χ0) is 22.8. The molecule has 0 radical (unpaired) electrons. The monoisotopic (exact) mass is 442 g/mol. The molecule has 2 amide bonds. The van der Waals surface area contributed by atoms with E-state index in [1.165, 1.54) is 10.9 Å². The topological polar surface area (TPSA) is 112 Å². The normalized spacial score (nSPS) is 11.9. The summed E-state index contributed by atoms with van der Waals surface area (Å²) in [7, 11) is 0. The first-order chi connectivity index (χ1) is 16.1. The number of benzene rings is 3. The van der Waals surface area contributed by atoms with Crippen molar-refractivity contribution in [1.82, 2.24) is 9.55 Å². The first-order valence-electron chi connectivity index (χ1n) is 10.1. The van der Waals surface area contributed by atoms with Gasteiger partial charge in [-0.15, -0.1) is 0 Å². The molecule has 2 N–H and O–H groups in total. The molecule has 0 saturated heterocycles. The van der Waals surface area contributed by atoms with Crippen molar-refractivity contribution in [2.45, 2.75) is 6.54 Å². The summed E-state index contributed by atoms with van der Waals surface area (Å²) in [4.78, 5) is 41.9. The number of anilines is 2. The fourth-order valence-electron chi connectivity index (χ4n) is 3.49. The van der Waals surface area contributed by atoms with E-state index in [4.69, 9.17) is 9.47 Å². The van der Waals surface area contributed by atoms with Crippen LogP contribution in [0.2, 0.25) is 0 Å². The summed E-state index contributed by atoms with van der Waals surface area (Å²) in [6.45, 7) is -0.0615. The van der Waals surface area contributed by atoms with Crippen LogP contribution >= 0.6 is 0 Å². The van der Waals surface area contributed by atoms with Gasteiger partial charge in [0.15, 0.2) is 11.5 Å². The third kappa shape index (κ3) is 4.24. The smallest absolute Gasteiger partial charge is 0.261 e. The maximum Gasteiger partial charge on any atom is 0.261 e. The van der Waals surface area contributed by atoms with Crippen LogP contribution in [-0.2, 0) is 11.3 Å². The molecular formula is C24H18N4O5.